The Kier molecular flexibility index (Phi) is 2.68. The Hall–Kier alpha value is -2.01. The second-order valence-electron chi connectivity index (χ2n) is 4.04. The van der Waals surface area contributed by atoms with Crippen LogP contribution < -0.4 is 5.73 Å². The summed E-state index contributed by atoms with van der Waals surface area (Å²) in [5.74, 6) is 0.495. The van der Waals surface area contributed by atoms with Gasteiger partial charge in [0.2, 0.25) is 0 Å². The lowest BCUT2D eigenvalue weighted by Gasteiger charge is -2.04. The minimum Gasteiger partial charge on any atom is -0.382 e. The van der Waals surface area contributed by atoms with Gasteiger partial charge in [-0.1, -0.05) is 29.5 Å². The fourth-order valence-corrected chi connectivity index (χ4v) is 2.60. The molecule has 0 aliphatic heterocycles. The first-order valence-corrected chi connectivity index (χ1v) is 6.38. The van der Waals surface area contributed by atoms with E-state index in [0.717, 1.165) is 15.6 Å². The molecule has 2 N–H and O–H groups in total. The van der Waals surface area contributed by atoms with Gasteiger partial charge < -0.3 is 10.1 Å². The summed E-state index contributed by atoms with van der Waals surface area (Å²) >= 11 is 1.57. The number of anilines is 1. The van der Waals surface area contributed by atoms with Gasteiger partial charge in [-0.05, 0) is 19.1 Å². The summed E-state index contributed by atoms with van der Waals surface area (Å²) in [6.07, 6.45) is 5.38. The molecule has 3 rings (SSSR count). The number of hydrogen-bond donors (Lipinski definition) is 1. The third-order valence-corrected chi connectivity index (χ3v) is 3.57. The van der Waals surface area contributed by atoms with Crippen molar-refractivity contribution in [3.8, 4) is 0 Å². The number of benzene rings is 1. The zero-order valence-corrected chi connectivity index (χ0v) is 10.7. The summed E-state index contributed by atoms with van der Waals surface area (Å²) in [5.41, 5.74) is 7.86. The van der Waals surface area contributed by atoms with E-state index in [-0.39, 0.29) is 0 Å². The van der Waals surface area contributed by atoms with Gasteiger partial charge >= 0.3 is 0 Å². The van der Waals surface area contributed by atoms with Crippen molar-refractivity contribution in [3.05, 3.63) is 48.4 Å². The smallest absolute Gasteiger partial charge is 0.170 e. The van der Waals surface area contributed by atoms with E-state index in [4.69, 9.17) is 5.73 Å². The number of fused-ring (bicyclic) bond motifs is 1. The average molecular weight is 256 g/mol. The maximum absolute atomic E-state index is 5.79. The van der Waals surface area contributed by atoms with Crippen LogP contribution in [0.1, 0.15) is 5.56 Å². The van der Waals surface area contributed by atoms with Gasteiger partial charge in [-0.25, -0.2) is 9.97 Å². The molecule has 0 atom stereocenters. The van der Waals surface area contributed by atoms with Crippen LogP contribution in [0.15, 0.2) is 52.8 Å². The largest absolute Gasteiger partial charge is 0.382 e. The van der Waals surface area contributed by atoms with E-state index < -0.39 is 0 Å². The van der Waals surface area contributed by atoms with Crippen LogP contribution in [0.4, 0.5) is 5.82 Å². The molecule has 0 saturated heterocycles. The van der Waals surface area contributed by atoms with Crippen LogP contribution in [0, 0.1) is 6.92 Å². The van der Waals surface area contributed by atoms with Crippen LogP contribution in [-0.2, 0) is 0 Å². The van der Waals surface area contributed by atoms with Gasteiger partial charge in [0.1, 0.15) is 10.8 Å². The van der Waals surface area contributed by atoms with Crippen molar-refractivity contribution in [2.45, 2.75) is 16.8 Å². The highest BCUT2D eigenvalue weighted by molar-refractivity contribution is 7.99. The van der Waals surface area contributed by atoms with Gasteiger partial charge in [-0.15, -0.1) is 0 Å². The van der Waals surface area contributed by atoms with Gasteiger partial charge in [0.25, 0.3) is 0 Å². The number of imidazole rings is 1. The van der Waals surface area contributed by atoms with Crippen LogP contribution >= 0.6 is 11.8 Å². The fourth-order valence-electron chi connectivity index (χ4n) is 1.71. The number of hydrogen-bond acceptors (Lipinski definition) is 4. The standard InChI is InChI=1S/C13H12N4S/c1-9-2-4-10(5-3-9)18-13-12-15-6-7-17(12)8-11(14)16-13/h2-8H,14H2,1H3. The zero-order valence-electron chi connectivity index (χ0n) is 9.87. The van der Waals surface area contributed by atoms with Crippen molar-refractivity contribution >= 4 is 23.2 Å². The average Bonchev–Trinajstić information content (AvgIpc) is 2.80. The molecule has 0 fully saturated rings. The van der Waals surface area contributed by atoms with E-state index in [1.54, 1.807) is 24.2 Å². The van der Waals surface area contributed by atoms with E-state index in [9.17, 15) is 0 Å². The summed E-state index contributed by atoms with van der Waals surface area (Å²) in [7, 11) is 0. The number of nitrogens with two attached hydrogens (primary N) is 1. The molecule has 0 saturated carbocycles. The molecule has 0 radical (unpaired) electrons. The second kappa shape index (κ2) is 4.34. The van der Waals surface area contributed by atoms with Crippen molar-refractivity contribution in [3.63, 3.8) is 0 Å². The first-order valence-electron chi connectivity index (χ1n) is 5.56. The molecule has 0 unspecified atom stereocenters. The maximum Gasteiger partial charge on any atom is 0.170 e. The Bertz CT molecular complexity index is 688. The molecule has 2 aromatic heterocycles. The number of aryl methyl sites for hydroxylation is 1. The first kappa shape index (κ1) is 11.1. The molecule has 18 heavy (non-hydrogen) atoms. The van der Waals surface area contributed by atoms with Crippen LogP contribution in [0.3, 0.4) is 0 Å². The van der Waals surface area contributed by atoms with Crippen molar-refractivity contribution in [2.75, 3.05) is 5.73 Å². The van der Waals surface area contributed by atoms with Crippen molar-refractivity contribution in [2.24, 2.45) is 0 Å². The quantitative estimate of drug-likeness (QED) is 0.766. The topological polar surface area (TPSA) is 56.2 Å². The van der Waals surface area contributed by atoms with E-state index >= 15 is 0 Å². The van der Waals surface area contributed by atoms with E-state index in [1.165, 1.54) is 5.56 Å². The Morgan fingerprint density at radius 3 is 2.78 bits per heavy atom. The molecule has 90 valence electrons. The fraction of sp³-hybridized carbons (Fsp3) is 0.0769. The molecule has 2 heterocycles. The lowest BCUT2D eigenvalue weighted by Crippen LogP contribution is -1.97. The van der Waals surface area contributed by atoms with Gasteiger partial charge in [0, 0.05) is 17.3 Å². The molecule has 5 heteroatoms. The van der Waals surface area contributed by atoms with Crippen LogP contribution in [0.25, 0.3) is 5.65 Å². The van der Waals surface area contributed by atoms with E-state index in [2.05, 4.69) is 41.2 Å². The molecule has 0 aliphatic carbocycles. The Morgan fingerprint density at radius 2 is 2.00 bits per heavy atom. The zero-order chi connectivity index (χ0) is 12.5. The highest BCUT2D eigenvalue weighted by Gasteiger charge is 2.07. The van der Waals surface area contributed by atoms with E-state index in [0.29, 0.717) is 5.82 Å². The summed E-state index contributed by atoms with van der Waals surface area (Å²) in [6, 6.07) is 8.31. The number of aromatic nitrogens is 3. The highest BCUT2D eigenvalue weighted by Crippen LogP contribution is 2.29. The second-order valence-corrected chi connectivity index (χ2v) is 5.11. The molecule has 0 aliphatic rings. The minimum atomic E-state index is 0.495. The van der Waals surface area contributed by atoms with Gasteiger partial charge in [0.05, 0.1) is 6.20 Å². The monoisotopic (exact) mass is 256 g/mol. The van der Waals surface area contributed by atoms with Gasteiger partial charge in [0.15, 0.2) is 5.65 Å². The predicted molar refractivity (Wildman–Crippen MR) is 72.7 cm³/mol. The van der Waals surface area contributed by atoms with Crippen LogP contribution in [0.2, 0.25) is 0 Å². The van der Waals surface area contributed by atoms with Crippen molar-refractivity contribution in [1.29, 1.82) is 0 Å². The molecular formula is C13H12N4S. The lowest BCUT2D eigenvalue weighted by atomic mass is 10.2. The van der Waals surface area contributed by atoms with Crippen molar-refractivity contribution < 1.29 is 0 Å². The Labute approximate surface area is 109 Å². The number of nitrogens with zero attached hydrogens (tertiary/aromatic N) is 3. The number of rotatable bonds is 2. The van der Waals surface area contributed by atoms with Crippen molar-refractivity contribution in [1.82, 2.24) is 14.4 Å². The third-order valence-electron chi connectivity index (χ3n) is 2.60. The molecule has 0 spiro atoms. The SMILES string of the molecule is Cc1ccc(Sc2nc(N)cn3ccnc23)cc1. The Balaban J connectivity index is 2.03. The lowest BCUT2D eigenvalue weighted by molar-refractivity contribution is 1.04. The molecule has 0 amide bonds. The van der Waals surface area contributed by atoms with Gasteiger partial charge in [-0.3, -0.25) is 0 Å². The number of nitrogen functional groups attached to an aromatic ring is 1. The highest BCUT2D eigenvalue weighted by atomic mass is 32.2. The summed E-state index contributed by atoms with van der Waals surface area (Å²) < 4.78 is 1.89. The summed E-state index contributed by atoms with van der Waals surface area (Å²) in [4.78, 5) is 9.77. The first-order chi connectivity index (χ1) is 8.72. The molecular weight excluding hydrogens is 244 g/mol. The van der Waals surface area contributed by atoms with Gasteiger partial charge in [-0.2, -0.15) is 0 Å². The molecule has 4 nitrogen and oxygen atoms in total. The van der Waals surface area contributed by atoms with E-state index in [1.807, 2.05) is 10.6 Å². The molecule has 3 aromatic rings. The Morgan fingerprint density at radius 1 is 1.22 bits per heavy atom. The maximum atomic E-state index is 5.79. The van der Waals surface area contributed by atoms with Crippen LogP contribution in [0.5, 0.6) is 0 Å². The van der Waals surface area contributed by atoms with Crippen LogP contribution in [-0.4, -0.2) is 14.4 Å². The summed E-state index contributed by atoms with van der Waals surface area (Å²) in [5, 5.41) is 0.823. The molecule has 0 bridgehead atoms. The summed E-state index contributed by atoms with van der Waals surface area (Å²) in [6.45, 7) is 2.07. The normalized spacial score (nSPS) is 10.9. The molecule has 1 aromatic carbocycles. The minimum absolute atomic E-state index is 0.495. The predicted octanol–water partition coefficient (Wildman–Crippen LogP) is 2.77. The third kappa shape index (κ3) is 2.04.